The molecule has 0 radical (unpaired) electrons. The van der Waals surface area contributed by atoms with Gasteiger partial charge in [0.05, 0.1) is 0 Å². The average Bonchev–Trinajstić information content (AvgIpc) is 2.86. The lowest BCUT2D eigenvalue weighted by atomic mass is 9.72. The highest BCUT2D eigenvalue weighted by Gasteiger charge is 2.52. The molecule has 0 saturated heterocycles. The Morgan fingerprint density at radius 3 is 3.08 bits per heavy atom. The molecule has 3 aliphatic carbocycles. The molecule has 3 fully saturated rings. The van der Waals surface area contributed by atoms with E-state index in [2.05, 4.69) is 11.5 Å². The summed E-state index contributed by atoms with van der Waals surface area (Å²) in [6.07, 6.45) is 10.9. The van der Waals surface area contributed by atoms with E-state index >= 15 is 0 Å². The zero-order chi connectivity index (χ0) is 17.7. The molecule has 1 aromatic carbocycles. The fourth-order valence-corrected chi connectivity index (χ4v) is 6.27. The molecule has 4 atom stereocenters. The van der Waals surface area contributed by atoms with Crippen LogP contribution in [0.15, 0.2) is 30.9 Å². The number of hydrogen-bond donors (Lipinski definition) is 0. The summed E-state index contributed by atoms with van der Waals surface area (Å²) in [5.74, 6) is 3.89. The van der Waals surface area contributed by atoms with Gasteiger partial charge >= 0.3 is 5.97 Å². The SMILES string of the molecule is C=CC(=O)Oc1ccc2c(c1)CN(C13CCC[C@H]4C[C@@H](CC4C1)C3)CO2. The van der Waals surface area contributed by atoms with Crippen LogP contribution in [0.25, 0.3) is 0 Å². The maximum absolute atomic E-state index is 11.5. The number of hydrogen-bond acceptors (Lipinski definition) is 4. The van der Waals surface area contributed by atoms with Crippen molar-refractivity contribution in [2.45, 2.75) is 57.0 Å². The van der Waals surface area contributed by atoms with Crippen molar-refractivity contribution in [2.24, 2.45) is 17.8 Å². The van der Waals surface area contributed by atoms with Gasteiger partial charge in [0.2, 0.25) is 0 Å². The third kappa shape index (κ3) is 2.66. The van der Waals surface area contributed by atoms with Crippen molar-refractivity contribution in [1.82, 2.24) is 4.90 Å². The van der Waals surface area contributed by atoms with Crippen LogP contribution in [0.1, 0.15) is 50.5 Å². The highest BCUT2D eigenvalue weighted by atomic mass is 16.5. The average molecular weight is 353 g/mol. The number of fused-ring (bicyclic) bond motifs is 3. The van der Waals surface area contributed by atoms with Crippen LogP contribution in [0, 0.1) is 17.8 Å². The third-order valence-corrected chi connectivity index (χ3v) is 7.29. The second-order valence-corrected chi connectivity index (χ2v) is 8.75. The summed E-state index contributed by atoms with van der Waals surface area (Å²) in [5.41, 5.74) is 1.43. The number of rotatable bonds is 3. The van der Waals surface area contributed by atoms with E-state index in [0.717, 1.165) is 35.6 Å². The smallest absolute Gasteiger partial charge is 0.335 e. The normalized spacial score (nSPS) is 35.3. The first-order valence-corrected chi connectivity index (χ1v) is 10.0. The van der Waals surface area contributed by atoms with Crippen molar-refractivity contribution in [3.63, 3.8) is 0 Å². The summed E-state index contributed by atoms with van der Waals surface area (Å²) in [6, 6.07) is 5.67. The van der Waals surface area contributed by atoms with Gasteiger partial charge < -0.3 is 9.47 Å². The fourth-order valence-electron chi connectivity index (χ4n) is 6.27. The first kappa shape index (κ1) is 16.4. The summed E-state index contributed by atoms with van der Waals surface area (Å²) >= 11 is 0. The highest BCUT2D eigenvalue weighted by Crippen LogP contribution is 2.57. The molecule has 4 aliphatic rings. The monoisotopic (exact) mass is 353 g/mol. The Balaban J connectivity index is 1.40. The number of ether oxygens (including phenoxy) is 2. The van der Waals surface area contributed by atoms with Gasteiger partial charge in [-0.25, -0.2) is 4.79 Å². The van der Waals surface area contributed by atoms with Crippen molar-refractivity contribution in [3.8, 4) is 11.5 Å². The maximum Gasteiger partial charge on any atom is 0.335 e. The first-order chi connectivity index (χ1) is 12.6. The van der Waals surface area contributed by atoms with Gasteiger partial charge in [0, 0.05) is 23.7 Å². The molecule has 138 valence electrons. The van der Waals surface area contributed by atoms with E-state index in [9.17, 15) is 4.79 Å². The van der Waals surface area contributed by atoms with Gasteiger partial charge in [-0.15, -0.1) is 0 Å². The summed E-state index contributed by atoms with van der Waals surface area (Å²) in [7, 11) is 0. The lowest BCUT2D eigenvalue weighted by molar-refractivity contribution is -0.128. The molecule has 4 heteroatoms. The molecule has 5 rings (SSSR count). The largest absolute Gasteiger partial charge is 0.478 e. The molecular weight excluding hydrogens is 326 g/mol. The van der Waals surface area contributed by atoms with Crippen LogP contribution in [0.4, 0.5) is 0 Å². The second-order valence-electron chi connectivity index (χ2n) is 8.75. The van der Waals surface area contributed by atoms with Gasteiger partial charge in [-0.1, -0.05) is 19.4 Å². The predicted octanol–water partition coefficient (Wildman–Crippen LogP) is 4.29. The van der Waals surface area contributed by atoms with Gasteiger partial charge in [0.1, 0.15) is 18.2 Å². The standard InChI is InChI=1S/C22H27NO3/c1-2-21(24)26-19-5-6-20-18(10-19)13-23(14-25-20)22-7-3-4-16-8-15(11-22)9-17(16)12-22/h2,5-6,10,15-17H,1,3-4,7-9,11-14H2/t15-,16-,17?,22?/m0/s1. The minimum Gasteiger partial charge on any atom is -0.478 e. The number of benzene rings is 1. The quantitative estimate of drug-likeness (QED) is 0.462. The van der Waals surface area contributed by atoms with Crippen LogP contribution in [0.2, 0.25) is 0 Å². The molecule has 0 aromatic heterocycles. The Bertz CT molecular complexity index is 745. The molecule has 3 saturated carbocycles. The topological polar surface area (TPSA) is 38.8 Å². The van der Waals surface area contributed by atoms with Crippen LogP contribution in [-0.2, 0) is 11.3 Å². The van der Waals surface area contributed by atoms with E-state index in [1.165, 1.54) is 51.0 Å². The zero-order valence-electron chi connectivity index (χ0n) is 15.3. The second kappa shape index (κ2) is 6.12. The van der Waals surface area contributed by atoms with E-state index < -0.39 is 5.97 Å². The van der Waals surface area contributed by atoms with Crippen LogP contribution < -0.4 is 9.47 Å². The summed E-state index contributed by atoms with van der Waals surface area (Å²) in [6.45, 7) is 5.03. The fraction of sp³-hybridized carbons (Fsp3) is 0.591. The summed E-state index contributed by atoms with van der Waals surface area (Å²) in [4.78, 5) is 14.1. The molecule has 3 bridgehead atoms. The van der Waals surface area contributed by atoms with Crippen LogP contribution in [-0.4, -0.2) is 23.1 Å². The number of nitrogens with zero attached hydrogens (tertiary/aromatic N) is 1. The predicted molar refractivity (Wildman–Crippen MR) is 98.8 cm³/mol. The third-order valence-electron chi connectivity index (χ3n) is 7.29. The molecule has 1 heterocycles. The van der Waals surface area contributed by atoms with E-state index in [4.69, 9.17) is 9.47 Å². The zero-order valence-corrected chi connectivity index (χ0v) is 15.3. The Hall–Kier alpha value is -1.81. The Kier molecular flexibility index (Phi) is 3.85. The molecule has 26 heavy (non-hydrogen) atoms. The minimum atomic E-state index is -0.421. The lowest BCUT2D eigenvalue weighted by Crippen LogP contribution is -2.54. The number of carbonyl (C=O) groups is 1. The molecular formula is C22H27NO3. The highest BCUT2D eigenvalue weighted by molar-refractivity contribution is 5.83. The van der Waals surface area contributed by atoms with Crippen molar-refractivity contribution in [2.75, 3.05) is 6.73 Å². The van der Waals surface area contributed by atoms with E-state index in [1.807, 2.05) is 12.1 Å². The van der Waals surface area contributed by atoms with Gasteiger partial charge in [-0.3, -0.25) is 4.90 Å². The molecule has 1 aromatic rings. The Labute approximate surface area is 155 Å². The first-order valence-electron chi connectivity index (χ1n) is 10.0. The van der Waals surface area contributed by atoms with Crippen molar-refractivity contribution >= 4 is 5.97 Å². The van der Waals surface area contributed by atoms with Gasteiger partial charge in [0.25, 0.3) is 0 Å². The van der Waals surface area contributed by atoms with Gasteiger partial charge in [-0.05, 0) is 68.1 Å². The summed E-state index contributed by atoms with van der Waals surface area (Å²) < 4.78 is 11.4. The Morgan fingerprint density at radius 2 is 2.19 bits per heavy atom. The van der Waals surface area contributed by atoms with Crippen LogP contribution in [0.5, 0.6) is 11.5 Å². The van der Waals surface area contributed by atoms with Crippen molar-refractivity contribution in [3.05, 3.63) is 36.4 Å². The maximum atomic E-state index is 11.5. The Morgan fingerprint density at radius 1 is 1.31 bits per heavy atom. The molecule has 4 nitrogen and oxygen atoms in total. The minimum absolute atomic E-state index is 0.310. The van der Waals surface area contributed by atoms with Crippen LogP contribution >= 0.6 is 0 Å². The van der Waals surface area contributed by atoms with Crippen molar-refractivity contribution < 1.29 is 14.3 Å². The van der Waals surface area contributed by atoms with E-state index in [0.29, 0.717) is 18.0 Å². The summed E-state index contributed by atoms with van der Waals surface area (Å²) in [5, 5.41) is 0. The van der Waals surface area contributed by atoms with E-state index in [1.54, 1.807) is 6.07 Å². The van der Waals surface area contributed by atoms with E-state index in [-0.39, 0.29) is 0 Å². The molecule has 0 N–H and O–H groups in total. The van der Waals surface area contributed by atoms with Gasteiger partial charge in [-0.2, -0.15) is 0 Å². The molecule has 0 spiro atoms. The van der Waals surface area contributed by atoms with Gasteiger partial charge in [0.15, 0.2) is 0 Å². The molecule has 0 amide bonds. The number of esters is 1. The van der Waals surface area contributed by atoms with Crippen LogP contribution in [0.3, 0.4) is 0 Å². The number of carbonyl (C=O) groups excluding carboxylic acids is 1. The lowest BCUT2D eigenvalue weighted by Gasteiger charge is -2.49. The molecule has 1 aliphatic heterocycles. The molecule has 2 unspecified atom stereocenters. The van der Waals surface area contributed by atoms with Crippen molar-refractivity contribution in [1.29, 1.82) is 0 Å².